The van der Waals surface area contributed by atoms with Crippen LogP contribution < -0.4 is 0 Å². The van der Waals surface area contributed by atoms with Crippen LogP contribution in [0.4, 0.5) is 0 Å². The summed E-state index contributed by atoms with van der Waals surface area (Å²) in [6.45, 7) is 3.44. The van der Waals surface area contributed by atoms with Gasteiger partial charge in [0.1, 0.15) is 0 Å². The third-order valence-corrected chi connectivity index (χ3v) is 2.14. The van der Waals surface area contributed by atoms with Crippen LogP contribution in [-0.4, -0.2) is 24.5 Å². The van der Waals surface area contributed by atoms with Crippen molar-refractivity contribution in [2.75, 3.05) is 6.61 Å². The topological polar surface area (TPSA) is 78.9 Å². The van der Waals surface area contributed by atoms with Crippen LogP contribution in [0.2, 0.25) is 0 Å². The first kappa shape index (κ1) is 15.4. The fourth-order valence-corrected chi connectivity index (χ4v) is 1.34. The van der Waals surface area contributed by atoms with E-state index in [-0.39, 0.29) is 17.7 Å². The Morgan fingerprint density at radius 1 is 1.05 bits per heavy atom. The van der Waals surface area contributed by atoms with Crippen molar-refractivity contribution >= 4 is 17.9 Å². The van der Waals surface area contributed by atoms with E-state index in [1.54, 1.807) is 26.0 Å². The van der Waals surface area contributed by atoms with Gasteiger partial charge in [-0.1, -0.05) is 18.2 Å². The van der Waals surface area contributed by atoms with E-state index in [0.717, 1.165) is 6.08 Å². The van der Waals surface area contributed by atoms with Crippen molar-refractivity contribution in [2.24, 2.45) is 0 Å². The number of rotatable bonds is 4. The zero-order valence-electron chi connectivity index (χ0n) is 11.1. The summed E-state index contributed by atoms with van der Waals surface area (Å²) >= 11 is 0. The molecule has 1 aromatic carbocycles. The second-order valence-corrected chi connectivity index (χ2v) is 3.54. The largest absolute Gasteiger partial charge is 0.462 e. The normalized spacial score (nSPS) is 10.1. The van der Waals surface area contributed by atoms with Gasteiger partial charge in [0.15, 0.2) is 0 Å². The smallest absolute Gasteiger partial charge is 0.387 e. The van der Waals surface area contributed by atoms with Crippen LogP contribution in [0.1, 0.15) is 34.6 Å². The number of carbonyl (C=O) groups excluding carboxylic acids is 3. The van der Waals surface area contributed by atoms with Crippen molar-refractivity contribution in [1.29, 1.82) is 0 Å². The van der Waals surface area contributed by atoms with Crippen LogP contribution in [0.5, 0.6) is 0 Å². The quantitative estimate of drug-likeness (QED) is 0.363. The maximum absolute atomic E-state index is 11.8. The zero-order chi connectivity index (χ0) is 15.0. The summed E-state index contributed by atoms with van der Waals surface area (Å²) < 4.78 is 4.82. The fraction of sp³-hybridized carbons (Fsp3) is 0.214. The number of carbonyl (C=O) groups is 3. The van der Waals surface area contributed by atoms with Gasteiger partial charge in [0.05, 0.1) is 17.7 Å². The Morgan fingerprint density at radius 3 is 2.20 bits per heavy atom. The average molecular weight is 278 g/mol. The van der Waals surface area contributed by atoms with Crippen LogP contribution in [0.25, 0.3) is 0 Å². The second kappa shape index (κ2) is 7.73. The molecule has 0 saturated carbocycles. The highest BCUT2D eigenvalue weighted by Gasteiger charge is 2.20. The molecule has 0 spiro atoms. The summed E-state index contributed by atoms with van der Waals surface area (Å²) in [7, 11) is 0. The molecule has 0 saturated heterocycles. The molecular weight excluding hydrogens is 264 g/mol. The fourth-order valence-electron chi connectivity index (χ4n) is 1.34. The minimum atomic E-state index is -0.952. The highest BCUT2D eigenvalue weighted by atomic mass is 17.2. The molecule has 1 rings (SSSR count). The molecule has 0 unspecified atom stereocenters. The van der Waals surface area contributed by atoms with Gasteiger partial charge in [-0.2, -0.15) is 0 Å². The third-order valence-electron chi connectivity index (χ3n) is 2.14. The molecule has 0 heterocycles. The molecule has 1 aromatic rings. The van der Waals surface area contributed by atoms with Gasteiger partial charge in [-0.05, 0) is 26.0 Å². The molecule has 106 valence electrons. The average Bonchev–Trinajstić information content (AvgIpc) is 2.45. The predicted molar refractivity (Wildman–Crippen MR) is 68.7 cm³/mol. The zero-order valence-corrected chi connectivity index (χ0v) is 11.1. The summed E-state index contributed by atoms with van der Waals surface area (Å²) in [5, 5.41) is 0. The molecule has 0 atom stereocenters. The Labute approximate surface area is 115 Å². The van der Waals surface area contributed by atoms with E-state index in [0.29, 0.717) is 0 Å². The van der Waals surface area contributed by atoms with Crippen molar-refractivity contribution < 1.29 is 28.9 Å². The van der Waals surface area contributed by atoms with E-state index in [1.165, 1.54) is 18.2 Å². The van der Waals surface area contributed by atoms with Crippen molar-refractivity contribution in [3.8, 4) is 0 Å². The lowest BCUT2D eigenvalue weighted by atomic mass is 10.1. The van der Waals surface area contributed by atoms with E-state index >= 15 is 0 Å². The Balaban J connectivity index is 2.82. The Kier molecular flexibility index (Phi) is 5.96. The highest BCUT2D eigenvalue weighted by molar-refractivity contribution is 6.03. The molecule has 0 aliphatic rings. The minimum absolute atomic E-state index is 0.0424. The van der Waals surface area contributed by atoms with Crippen molar-refractivity contribution in [3.05, 3.63) is 47.5 Å². The Morgan fingerprint density at radius 2 is 1.65 bits per heavy atom. The number of allylic oxidation sites excluding steroid dienone is 1. The first-order valence-electron chi connectivity index (χ1n) is 5.91. The van der Waals surface area contributed by atoms with Gasteiger partial charge in [-0.25, -0.2) is 24.2 Å². The molecular formula is C14H14O6. The summed E-state index contributed by atoms with van der Waals surface area (Å²) in [4.78, 5) is 43.1. The summed E-state index contributed by atoms with van der Waals surface area (Å²) in [6.07, 6.45) is 2.52. The highest BCUT2D eigenvalue weighted by Crippen LogP contribution is 2.12. The molecule has 6 heteroatoms. The molecule has 0 radical (unpaired) electrons. The van der Waals surface area contributed by atoms with Gasteiger partial charge in [0.2, 0.25) is 0 Å². The summed E-state index contributed by atoms with van der Waals surface area (Å²) in [6, 6.07) is 5.92. The number of hydrogen-bond acceptors (Lipinski definition) is 6. The van der Waals surface area contributed by atoms with Gasteiger partial charge in [0, 0.05) is 6.08 Å². The minimum Gasteiger partial charge on any atom is -0.462 e. The van der Waals surface area contributed by atoms with Crippen LogP contribution in [-0.2, 0) is 19.3 Å². The SMILES string of the molecule is CC=CC(=O)OOC(=O)c1ccccc1C(=O)OCC. The number of hydrogen-bond donors (Lipinski definition) is 0. The number of benzene rings is 1. The summed E-state index contributed by atoms with van der Waals surface area (Å²) in [5.41, 5.74) is 0.000612. The lowest BCUT2D eigenvalue weighted by Gasteiger charge is -2.06. The molecule has 6 nitrogen and oxygen atoms in total. The predicted octanol–water partition coefficient (Wildman–Crippen LogP) is 2.05. The summed E-state index contributed by atoms with van der Waals surface area (Å²) in [5.74, 6) is -2.43. The van der Waals surface area contributed by atoms with Gasteiger partial charge in [-0.3, -0.25) is 0 Å². The molecule has 0 fully saturated rings. The lowest BCUT2D eigenvalue weighted by Crippen LogP contribution is -2.15. The van der Waals surface area contributed by atoms with E-state index in [4.69, 9.17) is 4.74 Å². The molecule has 0 N–H and O–H groups in total. The van der Waals surface area contributed by atoms with E-state index in [1.807, 2.05) is 0 Å². The molecule has 0 aromatic heterocycles. The number of ether oxygens (including phenoxy) is 1. The molecule has 0 amide bonds. The Hall–Kier alpha value is -2.63. The van der Waals surface area contributed by atoms with Crippen molar-refractivity contribution in [1.82, 2.24) is 0 Å². The molecule has 0 aliphatic heterocycles. The molecule has 0 bridgehead atoms. The van der Waals surface area contributed by atoms with Crippen LogP contribution in [0.15, 0.2) is 36.4 Å². The van der Waals surface area contributed by atoms with E-state index < -0.39 is 17.9 Å². The molecule has 20 heavy (non-hydrogen) atoms. The van der Waals surface area contributed by atoms with Crippen molar-refractivity contribution in [2.45, 2.75) is 13.8 Å². The number of esters is 1. The van der Waals surface area contributed by atoms with Gasteiger partial charge >= 0.3 is 17.9 Å². The van der Waals surface area contributed by atoms with Crippen LogP contribution >= 0.6 is 0 Å². The Bertz CT molecular complexity index is 532. The first-order valence-corrected chi connectivity index (χ1v) is 5.91. The second-order valence-electron chi connectivity index (χ2n) is 3.54. The van der Waals surface area contributed by atoms with E-state index in [9.17, 15) is 14.4 Å². The lowest BCUT2D eigenvalue weighted by molar-refractivity contribution is -0.228. The monoisotopic (exact) mass is 278 g/mol. The first-order chi connectivity index (χ1) is 9.60. The standard InChI is InChI=1S/C14H14O6/c1-3-7-12(15)19-20-14(17)11-9-6-5-8-10(11)13(16)18-4-2/h3,5-9H,4H2,1-2H3. The maximum Gasteiger partial charge on any atom is 0.387 e. The van der Waals surface area contributed by atoms with Gasteiger partial charge in [0.25, 0.3) is 0 Å². The molecule has 0 aliphatic carbocycles. The third kappa shape index (κ3) is 4.24. The van der Waals surface area contributed by atoms with Gasteiger partial charge in [-0.15, -0.1) is 0 Å². The maximum atomic E-state index is 11.8. The van der Waals surface area contributed by atoms with Crippen LogP contribution in [0.3, 0.4) is 0 Å². The van der Waals surface area contributed by atoms with Crippen LogP contribution in [0, 0.1) is 0 Å². The van der Waals surface area contributed by atoms with Gasteiger partial charge < -0.3 is 4.74 Å². The van der Waals surface area contributed by atoms with Crippen molar-refractivity contribution in [3.63, 3.8) is 0 Å². The van der Waals surface area contributed by atoms with E-state index in [2.05, 4.69) is 9.78 Å².